The summed E-state index contributed by atoms with van der Waals surface area (Å²) < 4.78 is 30.3. The molecule has 0 aliphatic heterocycles. The summed E-state index contributed by atoms with van der Waals surface area (Å²) in [6, 6.07) is 3.38. The monoisotopic (exact) mass is 243 g/mol. The predicted molar refractivity (Wildman–Crippen MR) is 63.3 cm³/mol. The average Bonchev–Trinajstić information content (AvgIpc) is 2.17. The van der Waals surface area contributed by atoms with Gasteiger partial charge in [0.05, 0.1) is 12.0 Å². The molecule has 0 saturated carbocycles. The zero-order valence-electron chi connectivity index (χ0n) is 10.2. The zero-order valence-corrected chi connectivity index (χ0v) is 11.1. The quantitative estimate of drug-likeness (QED) is 0.809. The largest absolute Gasteiger partial charge is 0.496 e. The summed E-state index contributed by atoms with van der Waals surface area (Å²) in [6.45, 7) is 3.67. The number of hydrogen-bond donors (Lipinski definition) is 0. The van der Waals surface area contributed by atoms with Crippen molar-refractivity contribution in [3.63, 3.8) is 0 Å². The van der Waals surface area contributed by atoms with Crippen LogP contribution in [0.1, 0.15) is 11.1 Å². The molecule has 1 aromatic rings. The van der Waals surface area contributed by atoms with Gasteiger partial charge in [0, 0.05) is 20.2 Å². The van der Waals surface area contributed by atoms with E-state index in [1.54, 1.807) is 13.0 Å². The number of rotatable bonds is 3. The minimum atomic E-state index is -3.40. The highest BCUT2D eigenvalue weighted by Crippen LogP contribution is 2.27. The molecule has 5 heteroatoms. The second-order valence-corrected chi connectivity index (χ2v) is 6.00. The summed E-state index contributed by atoms with van der Waals surface area (Å²) in [5.41, 5.74) is 1.66. The van der Waals surface area contributed by atoms with Crippen molar-refractivity contribution < 1.29 is 13.2 Å². The van der Waals surface area contributed by atoms with Crippen LogP contribution in [0.3, 0.4) is 0 Å². The van der Waals surface area contributed by atoms with Crippen molar-refractivity contribution in [1.29, 1.82) is 0 Å². The second-order valence-electron chi connectivity index (χ2n) is 3.87. The molecule has 0 spiro atoms. The number of methoxy groups -OCH3 is 1. The van der Waals surface area contributed by atoms with E-state index in [1.807, 2.05) is 13.0 Å². The normalized spacial score (nSPS) is 11.9. The molecule has 0 saturated heterocycles. The first-order chi connectivity index (χ1) is 7.30. The third-order valence-electron chi connectivity index (χ3n) is 2.45. The van der Waals surface area contributed by atoms with Gasteiger partial charge in [-0.15, -0.1) is 0 Å². The van der Waals surface area contributed by atoms with Crippen molar-refractivity contribution in [2.24, 2.45) is 0 Å². The lowest BCUT2D eigenvalue weighted by Gasteiger charge is -2.15. The molecule has 0 amide bonds. The van der Waals surface area contributed by atoms with Gasteiger partial charge in [-0.05, 0) is 25.0 Å². The molecule has 1 rings (SSSR count). The molecule has 0 aliphatic rings. The highest BCUT2D eigenvalue weighted by molar-refractivity contribution is 7.89. The third-order valence-corrected chi connectivity index (χ3v) is 4.41. The molecule has 0 N–H and O–H groups in total. The van der Waals surface area contributed by atoms with Crippen molar-refractivity contribution in [1.82, 2.24) is 4.31 Å². The maximum absolute atomic E-state index is 12.0. The van der Waals surface area contributed by atoms with Crippen molar-refractivity contribution >= 4 is 10.0 Å². The molecule has 0 aromatic heterocycles. The first-order valence-corrected chi connectivity index (χ1v) is 6.32. The lowest BCUT2D eigenvalue weighted by Crippen LogP contribution is -2.23. The molecule has 0 unspecified atom stereocenters. The van der Waals surface area contributed by atoms with E-state index >= 15 is 0 Å². The molecule has 1 aromatic carbocycles. The average molecular weight is 243 g/mol. The number of ether oxygens (including phenoxy) is 1. The van der Waals surface area contributed by atoms with Gasteiger partial charge < -0.3 is 4.74 Å². The van der Waals surface area contributed by atoms with Crippen LogP contribution in [0.5, 0.6) is 5.75 Å². The summed E-state index contributed by atoms with van der Waals surface area (Å²) in [5.74, 6) is 0.589. The molecule has 0 bridgehead atoms. The maximum atomic E-state index is 12.0. The second kappa shape index (κ2) is 4.43. The van der Waals surface area contributed by atoms with Crippen molar-refractivity contribution in [3.8, 4) is 5.75 Å². The summed E-state index contributed by atoms with van der Waals surface area (Å²) in [7, 11) is 1.16. The molecular weight excluding hydrogens is 226 g/mol. The van der Waals surface area contributed by atoms with Crippen LogP contribution in [0.2, 0.25) is 0 Å². The van der Waals surface area contributed by atoms with E-state index in [1.165, 1.54) is 25.5 Å². The molecule has 0 radical (unpaired) electrons. The Morgan fingerprint density at radius 3 is 2.12 bits per heavy atom. The maximum Gasteiger partial charge on any atom is 0.242 e. The van der Waals surface area contributed by atoms with Crippen LogP contribution >= 0.6 is 0 Å². The van der Waals surface area contributed by atoms with Crippen molar-refractivity contribution in [2.75, 3.05) is 21.2 Å². The van der Waals surface area contributed by atoms with Crippen LogP contribution < -0.4 is 4.74 Å². The summed E-state index contributed by atoms with van der Waals surface area (Å²) in [4.78, 5) is 0.292. The fourth-order valence-corrected chi connectivity index (χ4v) is 2.62. The van der Waals surface area contributed by atoms with Gasteiger partial charge in [0.1, 0.15) is 5.75 Å². The van der Waals surface area contributed by atoms with Gasteiger partial charge in [-0.1, -0.05) is 6.07 Å². The van der Waals surface area contributed by atoms with Crippen LogP contribution in [0.25, 0.3) is 0 Å². The standard InChI is InChI=1S/C11H17NO3S/c1-8-6-9(2)11(7-10(8)15-5)16(13,14)12(3)4/h6-7H,1-5H3. The van der Waals surface area contributed by atoms with Gasteiger partial charge in [0.2, 0.25) is 10.0 Å². The molecule has 4 nitrogen and oxygen atoms in total. The molecule has 0 heterocycles. The number of benzene rings is 1. The van der Waals surface area contributed by atoms with E-state index < -0.39 is 10.0 Å². The zero-order chi connectivity index (χ0) is 12.5. The Labute approximate surface area is 96.9 Å². The molecule has 90 valence electrons. The lowest BCUT2D eigenvalue weighted by molar-refractivity contribution is 0.409. The van der Waals surface area contributed by atoms with E-state index in [0.29, 0.717) is 10.6 Å². The van der Waals surface area contributed by atoms with Gasteiger partial charge in [0.15, 0.2) is 0 Å². The lowest BCUT2D eigenvalue weighted by atomic mass is 10.1. The molecule has 0 fully saturated rings. The number of sulfonamides is 1. The van der Waals surface area contributed by atoms with Crippen molar-refractivity contribution in [2.45, 2.75) is 18.7 Å². The minimum absolute atomic E-state index is 0.292. The van der Waals surface area contributed by atoms with Gasteiger partial charge in [-0.25, -0.2) is 12.7 Å². The van der Waals surface area contributed by atoms with Gasteiger partial charge >= 0.3 is 0 Å². The van der Waals surface area contributed by atoms with Crippen LogP contribution in [-0.4, -0.2) is 33.9 Å². The number of nitrogens with zero attached hydrogens (tertiary/aromatic N) is 1. The number of hydrogen-bond acceptors (Lipinski definition) is 3. The predicted octanol–water partition coefficient (Wildman–Crippen LogP) is 1.56. The molecule has 16 heavy (non-hydrogen) atoms. The van der Waals surface area contributed by atoms with Crippen LogP contribution in [-0.2, 0) is 10.0 Å². The summed E-state index contributed by atoms with van der Waals surface area (Å²) in [6.07, 6.45) is 0. The smallest absolute Gasteiger partial charge is 0.242 e. The highest BCUT2D eigenvalue weighted by atomic mass is 32.2. The summed E-state index contributed by atoms with van der Waals surface area (Å²) >= 11 is 0. The van der Waals surface area contributed by atoms with Crippen LogP contribution in [0.15, 0.2) is 17.0 Å². The Morgan fingerprint density at radius 1 is 1.12 bits per heavy atom. The van der Waals surface area contributed by atoms with Crippen LogP contribution in [0.4, 0.5) is 0 Å². The summed E-state index contributed by atoms with van der Waals surface area (Å²) in [5, 5.41) is 0. The Hall–Kier alpha value is -1.07. The fourth-order valence-electron chi connectivity index (χ4n) is 1.51. The Balaban J connectivity index is 3.47. The van der Waals surface area contributed by atoms with Gasteiger partial charge in [-0.3, -0.25) is 0 Å². The Kier molecular flexibility index (Phi) is 3.60. The Morgan fingerprint density at radius 2 is 1.69 bits per heavy atom. The van der Waals surface area contributed by atoms with E-state index in [-0.39, 0.29) is 0 Å². The van der Waals surface area contributed by atoms with Gasteiger partial charge in [-0.2, -0.15) is 0 Å². The Bertz CT molecular complexity index is 492. The third kappa shape index (κ3) is 2.20. The topological polar surface area (TPSA) is 46.6 Å². The van der Waals surface area contributed by atoms with Crippen LogP contribution in [0, 0.1) is 13.8 Å². The van der Waals surface area contributed by atoms with E-state index in [9.17, 15) is 8.42 Å². The number of aryl methyl sites for hydroxylation is 2. The SMILES string of the molecule is COc1cc(S(=O)(=O)N(C)C)c(C)cc1C. The van der Waals surface area contributed by atoms with Gasteiger partial charge in [0.25, 0.3) is 0 Å². The first-order valence-electron chi connectivity index (χ1n) is 4.88. The van der Waals surface area contributed by atoms with Crippen molar-refractivity contribution in [3.05, 3.63) is 23.3 Å². The molecular formula is C11H17NO3S. The highest BCUT2D eigenvalue weighted by Gasteiger charge is 2.21. The van der Waals surface area contributed by atoms with E-state index in [0.717, 1.165) is 11.1 Å². The minimum Gasteiger partial charge on any atom is -0.496 e. The van der Waals surface area contributed by atoms with E-state index in [4.69, 9.17) is 4.74 Å². The van der Waals surface area contributed by atoms with E-state index in [2.05, 4.69) is 0 Å². The first kappa shape index (κ1) is 13.0. The molecule has 0 atom stereocenters. The molecule has 0 aliphatic carbocycles. The fraction of sp³-hybridized carbons (Fsp3) is 0.455.